The second kappa shape index (κ2) is 11.6. The Balaban J connectivity index is 1.38. The van der Waals surface area contributed by atoms with Crippen molar-refractivity contribution in [1.29, 1.82) is 0 Å². The Kier molecular flexibility index (Phi) is 8.59. The van der Waals surface area contributed by atoms with E-state index in [-0.39, 0.29) is 29.7 Å². The number of piperidine rings is 1. The van der Waals surface area contributed by atoms with E-state index in [4.69, 9.17) is 4.74 Å². The SMILES string of the molecule is O=C1C(O)C[C@@H]2CC[C@@H]([C@@H](O)CCOCc3ccccc3)[C@@H](CCCS(=O)(=O)c3ccccc3)N12. The number of amides is 1. The van der Waals surface area contributed by atoms with Crippen LogP contribution in [0.4, 0.5) is 0 Å². The van der Waals surface area contributed by atoms with Crippen LogP contribution in [0.1, 0.15) is 44.1 Å². The van der Waals surface area contributed by atoms with Gasteiger partial charge in [0.25, 0.3) is 5.91 Å². The van der Waals surface area contributed by atoms with E-state index in [2.05, 4.69) is 0 Å². The van der Waals surface area contributed by atoms with Crippen molar-refractivity contribution in [2.45, 2.75) is 74.3 Å². The van der Waals surface area contributed by atoms with Crippen LogP contribution in [0, 0.1) is 5.92 Å². The second-order valence-corrected chi connectivity index (χ2v) is 11.7. The number of hydrogen-bond acceptors (Lipinski definition) is 6. The minimum absolute atomic E-state index is 0.0221. The second-order valence-electron chi connectivity index (χ2n) is 9.63. The van der Waals surface area contributed by atoms with Gasteiger partial charge in [-0.15, -0.1) is 0 Å². The van der Waals surface area contributed by atoms with Gasteiger partial charge in [0.1, 0.15) is 6.10 Å². The molecule has 0 radical (unpaired) electrons. The van der Waals surface area contributed by atoms with Gasteiger partial charge in [-0.3, -0.25) is 4.79 Å². The number of rotatable bonds is 11. The minimum atomic E-state index is -3.42. The molecule has 2 saturated heterocycles. The summed E-state index contributed by atoms with van der Waals surface area (Å²) in [5, 5.41) is 21.2. The molecule has 0 spiro atoms. The van der Waals surface area contributed by atoms with Crippen molar-refractivity contribution in [3.63, 3.8) is 0 Å². The third kappa shape index (κ3) is 6.30. The molecule has 1 amide bonds. The molecule has 0 bridgehead atoms. The molecule has 5 atom stereocenters. The summed E-state index contributed by atoms with van der Waals surface area (Å²) in [5.41, 5.74) is 1.07. The molecule has 2 aliphatic rings. The number of aliphatic hydroxyl groups excluding tert-OH is 2. The number of benzene rings is 2. The van der Waals surface area contributed by atoms with Gasteiger partial charge in [-0.1, -0.05) is 48.5 Å². The molecule has 2 fully saturated rings. The molecule has 2 heterocycles. The van der Waals surface area contributed by atoms with Crippen molar-refractivity contribution in [2.24, 2.45) is 5.92 Å². The normalized spacial score (nSPS) is 25.4. The van der Waals surface area contributed by atoms with E-state index in [1.807, 2.05) is 30.3 Å². The van der Waals surface area contributed by atoms with Crippen LogP contribution in [0.15, 0.2) is 65.6 Å². The fourth-order valence-electron chi connectivity index (χ4n) is 5.51. The molecule has 35 heavy (non-hydrogen) atoms. The molecule has 2 aromatic rings. The summed E-state index contributed by atoms with van der Waals surface area (Å²) >= 11 is 0. The summed E-state index contributed by atoms with van der Waals surface area (Å²) in [6.07, 6.45) is 1.46. The zero-order valence-electron chi connectivity index (χ0n) is 19.9. The monoisotopic (exact) mass is 501 g/mol. The summed E-state index contributed by atoms with van der Waals surface area (Å²) in [7, 11) is -3.42. The Hall–Kier alpha value is -2.26. The highest BCUT2D eigenvalue weighted by atomic mass is 32.2. The van der Waals surface area contributed by atoms with Gasteiger partial charge in [-0.05, 0) is 49.8 Å². The lowest BCUT2D eigenvalue weighted by Gasteiger charge is -2.45. The zero-order chi connectivity index (χ0) is 24.8. The fourth-order valence-corrected chi connectivity index (χ4v) is 6.87. The lowest BCUT2D eigenvalue weighted by Crippen LogP contribution is -2.53. The van der Waals surface area contributed by atoms with Crippen LogP contribution >= 0.6 is 0 Å². The van der Waals surface area contributed by atoms with Crippen LogP contribution in [0.3, 0.4) is 0 Å². The average molecular weight is 502 g/mol. The van der Waals surface area contributed by atoms with Gasteiger partial charge in [0.15, 0.2) is 9.84 Å². The molecular weight excluding hydrogens is 466 g/mol. The lowest BCUT2D eigenvalue weighted by atomic mass is 9.79. The highest BCUT2D eigenvalue weighted by molar-refractivity contribution is 7.91. The van der Waals surface area contributed by atoms with Gasteiger partial charge < -0.3 is 19.8 Å². The summed E-state index contributed by atoms with van der Waals surface area (Å²) in [6, 6.07) is 17.9. The minimum Gasteiger partial charge on any atom is -0.393 e. The van der Waals surface area contributed by atoms with E-state index >= 15 is 0 Å². The Bertz CT molecular complexity index is 1060. The molecule has 1 unspecified atom stereocenters. The largest absolute Gasteiger partial charge is 0.393 e. The molecule has 0 aliphatic carbocycles. The quantitative estimate of drug-likeness (QED) is 0.459. The molecule has 0 saturated carbocycles. The summed E-state index contributed by atoms with van der Waals surface area (Å²) in [6.45, 7) is 0.861. The molecular formula is C27H35NO6S. The topological polar surface area (TPSA) is 104 Å². The van der Waals surface area contributed by atoms with Crippen molar-refractivity contribution < 1.29 is 28.2 Å². The maximum absolute atomic E-state index is 12.8. The van der Waals surface area contributed by atoms with Crippen LogP contribution in [0.2, 0.25) is 0 Å². The summed E-state index contributed by atoms with van der Waals surface area (Å²) in [4.78, 5) is 14.8. The van der Waals surface area contributed by atoms with E-state index in [0.29, 0.717) is 43.8 Å². The van der Waals surface area contributed by atoms with Crippen LogP contribution in [-0.4, -0.2) is 66.1 Å². The van der Waals surface area contributed by atoms with Crippen LogP contribution in [0.25, 0.3) is 0 Å². The number of nitrogens with zero attached hydrogens (tertiary/aromatic N) is 1. The number of sulfone groups is 1. The number of aliphatic hydroxyl groups is 2. The standard InChI is InChI=1S/C27H35NO6S/c29-25(15-16-34-19-20-8-3-1-4-9-20)23-14-13-21-18-26(30)27(31)28(21)24(23)12-7-17-35(32,33)22-10-5-2-6-11-22/h1-6,8-11,21,23-26,29-30H,7,12-19H2/t21-,23+,24+,25-,26?/m0/s1. The van der Waals surface area contributed by atoms with Gasteiger partial charge in [-0.25, -0.2) is 8.42 Å². The van der Waals surface area contributed by atoms with Crippen molar-refractivity contribution in [1.82, 2.24) is 4.90 Å². The molecule has 8 heteroatoms. The van der Waals surface area contributed by atoms with Crippen molar-refractivity contribution >= 4 is 15.7 Å². The van der Waals surface area contributed by atoms with Crippen LogP contribution < -0.4 is 0 Å². The fraction of sp³-hybridized carbons (Fsp3) is 0.519. The smallest absolute Gasteiger partial charge is 0.252 e. The van der Waals surface area contributed by atoms with E-state index in [1.54, 1.807) is 35.2 Å². The first-order chi connectivity index (χ1) is 16.9. The Morgan fingerprint density at radius 3 is 2.43 bits per heavy atom. The number of carbonyl (C=O) groups is 1. The van der Waals surface area contributed by atoms with E-state index < -0.39 is 22.0 Å². The number of carbonyl (C=O) groups excluding carboxylic acids is 1. The zero-order valence-corrected chi connectivity index (χ0v) is 20.7. The van der Waals surface area contributed by atoms with Gasteiger partial charge in [0.05, 0.1) is 23.4 Å². The third-order valence-corrected chi connectivity index (χ3v) is 9.11. The summed E-state index contributed by atoms with van der Waals surface area (Å²) in [5.74, 6) is -0.505. The van der Waals surface area contributed by atoms with Gasteiger partial charge >= 0.3 is 0 Å². The molecule has 2 aliphatic heterocycles. The molecule has 190 valence electrons. The first-order valence-electron chi connectivity index (χ1n) is 12.4. The lowest BCUT2D eigenvalue weighted by molar-refractivity contribution is -0.142. The highest BCUT2D eigenvalue weighted by Gasteiger charge is 2.48. The first kappa shape index (κ1) is 25.8. The van der Waals surface area contributed by atoms with Gasteiger partial charge in [0, 0.05) is 31.0 Å². The molecule has 4 rings (SSSR count). The molecule has 2 aromatic carbocycles. The molecule has 7 nitrogen and oxygen atoms in total. The maximum Gasteiger partial charge on any atom is 0.252 e. The average Bonchev–Trinajstić information content (AvgIpc) is 3.16. The maximum atomic E-state index is 12.8. The molecule has 2 N–H and O–H groups in total. The Labute approximate surface area is 207 Å². The number of hydrogen-bond donors (Lipinski definition) is 2. The van der Waals surface area contributed by atoms with Crippen molar-refractivity contribution in [3.05, 3.63) is 66.2 Å². The Morgan fingerprint density at radius 2 is 1.71 bits per heavy atom. The number of ether oxygens (including phenoxy) is 1. The van der Waals surface area contributed by atoms with Gasteiger partial charge in [0.2, 0.25) is 0 Å². The highest BCUT2D eigenvalue weighted by Crippen LogP contribution is 2.39. The predicted octanol–water partition coefficient (Wildman–Crippen LogP) is 2.95. The van der Waals surface area contributed by atoms with Crippen molar-refractivity contribution in [2.75, 3.05) is 12.4 Å². The molecule has 0 aromatic heterocycles. The van der Waals surface area contributed by atoms with Crippen molar-refractivity contribution in [3.8, 4) is 0 Å². The van der Waals surface area contributed by atoms with E-state index in [0.717, 1.165) is 18.4 Å². The van der Waals surface area contributed by atoms with E-state index in [1.165, 1.54) is 0 Å². The predicted molar refractivity (Wildman–Crippen MR) is 132 cm³/mol. The first-order valence-corrected chi connectivity index (χ1v) is 14.1. The Morgan fingerprint density at radius 1 is 1.03 bits per heavy atom. The van der Waals surface area contributed by atoms with Crippen LogP contribution in [0.5, 0.6) is 0 Å². The van der Waals surface area contributed by atoms with Gasteiger partial charge in [-0.2, -0.15) is 0 Å². The summed E-state index contributed by atoms with van der Waals surface area (Å²) < 4.78 is 31.2. The van der Waals surface area contributed by atoms with Crippen LogP contribution in [-0.2, 0) is 26.0 Å². The van der Waals surface area contributed by atoms with E-state index in [9.17, 15) is 23.4 Å². The number of fused-ring (bicyclic) bond motifs is 1. The third-order valence-electron chi connectivity index (χ3n) is 7.29.